The molecule has 104 valence electrons. The maximum absolute atomic E-state index is 12.3. The van der Waals surface area contributed by atoms with Crippen LogP contribution in [0.4, 0.5) is 0 Å². The van der Waals surface area contributed by atoms with Crippen molar-refractivity contribution in [1.29, 1.82) is 0 Å². The molecule has 1 aliphatic rings. The molecule has 0 unspecified atom stereocenters. The van der Waals surface area contributed by atoms with Crippen molar-refractivity contribution in [3.63, 3.8) is 0 Å². The first kappa shape index (κ1) is 13.9. The van der Waals surface area contributed by atoms with Gasteiger partial charge in [-0.15, -0.1) is 0 Å². The lowest BCUT2D eigenvalue weighted by molar-refractivity contribution is 0.0473. The number of carbonyl (C=O) groups excluding carboxylic acids is 1. The topological polar surface area (TPSA) is 49.8 Å². The van der Waals surface area contributed by atoms with Gasteiger partial charge in [-0.3, -0.25) is 4.79 Å². The van der Waals surface area contributed by atoms with E-state index in [2.05, 4.69) is 0 Å². The van der Waals surface area contributed by atoms with Gasteiger partial charge >= 0.3 is 0 Å². The van der Waals surface area contributed by atoms with Gasteiger partial charge in [0, 0.05) is 18.7 Å². The third-order valence-corrected chi connectivity index (χ3v) is 3.16. The zero-order chi connectivity index (χ0) is 13.8. The van der Waals surface area contributed by atoms with Crippen LogP contribution in [0.1, 0.15) is 37.0 Å². The number of β-amino-alcohol motifs (C(OH)–C–C–N with tert-alkyl or cyclic N) is 1. The van der Waals surface area contributed by atoms with E-state index in [1.54, 1.807) is 17.0 Å². The van der Waals surface area contributed by atoms with E-state index in [1.807, 2.05) is 26.0 Å². The minimum atomic E-state index is -0.388. The molecule has 0 aliphatic carbocycles. The third-order valence-electron chi connectivity index (χ3n) is 3.16. The van der Waals surface area contributed by atoms with E-state index in [1.165, 1.54) is 0 Å². The molecule has 1 saturated heterocycles. The predicted molar refractivity (Wildman–Crippen MR) is 73.4 cm³/mol. The maximum Gasteiger partial charge on any atom is 0.253 e. The molecule has 1 N–H and O–H groups in total. The molecule has 4 nitrogen and oxygen atoms in total. The number of rotatable bonds is 3. The first-order valence-electron chi connectivity index (χ1n) is 6.80. The Morgan fingerprint density at radius 1 is 1.37 bits per heavy atom. The second kappa shape index (κ2) is 6.06. The fraction of sp³-hybridized carbons (Fsp3) is 0.533. The number of nitrogens with zero attached hydrogens (tertiary/aromatic N) is 1. The molecule has 0 saturated carbocycles. The number of hydrogen-bond acceptors (Lipinski definition) is 3. The molecule has 0 spiro atoms. The number of likely N-dealkylation sites (tertiary alicyclic amines) is 1. The van der Waals surface area contributed by atoms with Crippen molar-refractivity contribution in [2.75, 3.05) is 13.1 Å². The summed E-state index contributed by atoms with van der Waals surface area (Å²) < 4.78 is 5.55. The van der Waals surface area contributed by atoms with E-state index in [9.17, 15) is 9.90 Å². The second-order valence-corrected chi connectivity index (χ2v) is 5.24. The molecule has 0 aromatic heterocycles. The zero-order valence-corrected chi connectivity index (χ0v) is 11.5. The van der Waals surface area contributed by atoms with Crippen molar-refractivity contribution in [2.24, 2.45) is 0 Å². The molecule has 1 heterocycles. The van der Waals surface area contributed by atoms with Crippen LogP contribution in [0.5, 0.6) is 5.75 Å². The Morgan fingerprint density at radius 2 is 2.05 bits per heavy atom. The summed E-state index contributed by atoms with van der Waals surface area (Å²) in [5.74, 6) is 0.750. The number of hydrogen-bond donors (Lipinski definition) is 1. The summed E-state index contributed by atoms with van der Waals surface area (Å²) in [4.78, 5) is 14.0. The summed E-state index contributed by atoms with van der Waals surface area (Å²) in [6.45, 7) is 5.09. The van der Waals surface area contributed by atoms with Crippen LogP contribution in [-0.2, 0) is 0 Å². The Labute approximate surface area is 114 Å². The van der Waals surface area contributed by atoms with E-state index in [4.69, 9.17) is 4.74 Å². The molecule has 19 heavy (non-hydrogen) atoms. The van der Waals surface area contributed by atoms with E-state index in [0.29, 0.717) is 12.1 Å². The van der Waals surface area contributed by atoms with Gasteiger partial charge in [0.25, 0.3) is 5.91 Å². The molecular formula is C15H21NO3. The summed E-state index contributed by atoms with van der Waals surface area (Å²) in [5.41, 5.74) is 0.644. The van der Waals surface area contributed by atoms with Gasteiger partial charge in [0.2, 0.25) is 0 Å². The van der Waals surface area contributed by atoms with E-state index in [0.717, 1.165) is 25.1 Å². The Balaban J connectivity index is 2.02. The van der Waals surface area contributed by atoms with Crippen molar-refractivity contribution < 1.29 is 14.6 Å². The Hall–Kier alpha value is -1.55. The highest BCUT2D eigenvalue weighted by atomic mass is 16.5. The van der Waals surface area contributed by atoms with Gasteiger partial charge < -0.3 is 14.7 Å². The SMILES string of the molecule is CC(C)Oc1ccc(C(=O)N2CCC[C@H](O)C2)cc1. The van der Waals surface area contributed by atoms with Gasteiger partial charge in [0.15, 0.2) is 0 Å². The molecule has 4 heteroatoms. The van der Waals surface area contributed by atoms with E-state index in [-0.39, 0.29) is 18.1 Å². The minimum Gasteiger partial charge on any atom is -0.491 e. The van der Waals surface area contributed by atoms with Crippen molar-refractivity contribution in [3.8, 4) is 5.75 Å². The van der Waals surface area contributed by atoms with Crippen molar-refractivity contribution in [1.82, 2.24) is 4.90 Å². The molecule has 0 radical (unpaired) electrons. The quantitative estimate of drug-likeness (QED) is 0.908. The fourth-order valence-electron chi connectivity index (χ4n) is 2.27. The lowest BCUT2D eigenvalue weighted by Crippen LogP contribution is -2.42. The van der Waals surface area contributed by atoms with Crippen LogP contribution in [0.2, 0.25) is 0 Å². The van der Waals surface area contributed by atoms with Crippen molar-refractivity contribution in [2.45, 2.75) is 38.9 Å². The highest BCUT2D eigenvalue weighted by Crippen LogP contribution is 2.17. The molecule has 0 bridgehead atoms. The number of ether oxygens (including phenoxy) is 1. The number of carbonyl (C=O) groups is 1. The summed E-state index contributed by atoms with van der Waals surface area (Å²) >= 11 is 0. The highest BCUT2D eigenvalue weighted by molar-refractivity contribution is 5.94. The Morgan fingerprint density at radius 3 is 2.63 bits per heavy atom. The highest BCUT2D eigenvalue weighted by Gasteiger charge is 2.22. The zero-order valence-electron chi connectivity index (χ0n) is 11.5. The number of benzene rings is 1. The summed E-state index contributed by atoms with van der Waals surface area (Å²) in [5, 5.41) is 9.60. The van der Waals surface area contributed by atoms with Crippen LogP contribution < -0.4 is 4.74 Å². The standard InChI is InChI=1S/C15H21NO3/c1-11(2)19-14-7-5-12(6-8-14)15(18)16-9-3-4-13(17)10-16/h5-8,11,13,17H,3-4,9-10H2,1-2H3/t13-/m0/s1. The van der Waals surface area contributed by atoms with Crippen molar-refractivity contribution >= 4 is 5.91 Å². The predicted octanol–water partition coefficient (Wildman–Crippen LogP) is 2.07. The van der Waals surface area contributed by atoms with Gasteiger partial charge in [-0.05, 0) is 51.0 Å². The largest absolute Gasteiger partial charge is 0.491 e. The molecule has 1 atom stereocenters. The number of piperidine rings is 1. The van der Waals surface area contributed by atoms with Gasteiger partial charge in [-0.25, -0.2) is 0 Å². The van der Waals surface area contributed by atoms with Crippen LogP contribution in [0, 0.1) is 0 Å². The second-order valence-electron chi connectivity index (χ2n) is 5.24. The molecular weight excluding hydrogens is 242 g/mol. The van der Waals surface area contributed by atoms with Gasteiger partial charge in [-0.1, -0.05) is 0 Å². The minimum absolute atomic E-state index is 0.0187. The van der Waals surface area contributed by atoms with E-state index < -0.39 is 0 Å². The number of amides is 1. The summed E-state index contributed by atoms with van der Waals surface area (Å²) in [7, 11) is 0. The van der Waals surface area contributed by atoms with Crippen LogP contribution in [0.25, 0.3) is 0 Å². The van der Waals surface area contributed by atoms with Gasteiger partial charge in [0.05, 0.1) is 12.2 Å². The lowest BCUT2D eigenvalue weighted by atomic mass is 10.1. The fourth-order valence-corrected chi connectivity index (χ4v) is 2.27. The smallest absolute Gasteiger partial charge is 0.253 e. The average molecular weight is 263 g/mol. The maximum atomic E-state index is 12.3. The van der Waals surface area contributed by atoms with Crippen LogP contribution >= 0.6 is 0 Å². The lowest BCUT2D eigenvalue weighted by Gasteiger charge is -2.30. The normalized spacial score (nSPS) is 19.6. The Bertz CT molecular complexity index is 428. The molecule has 1 amide bonds. The average Bonchev–Trinajstić information content (AvgIpc) is 2.38. The van der Waals surface area contributed by atoms with Crippen LogP contribution in [0.3, 0.4) is 0 Å². The van der Waals surface area contributed by atoms with Crippen LogP contribution in [-0.4, -0.2) is 41.2 Å². The molecule has 1 aliphatic heterocycles. The number of aliphatic hydroxyl groups excluding tert-OH is 1. The first-order valence-corrected chi connectivity index (χ1v) is 6.80. The number of aliphatic hydroxyl groups is 1. The monoisotopic (exact) mass is 263 g/mol. The van der Waals surface area contributed by atoms with Crippen molar-refractivity contribution in [3.05, 3.63) is 29.8 Å². The molecule has 1 aromatic rings. The molecule has 1 fully saturated rings. The molecule has 1 aromatic carbocycles. The molecule has 2 rings (SSSR count). The third kappa shape index (κ3) is 3.70. The first-order chi connectivity index (χ1) is 9.06. The van der Waals surface area contributed by atoms with Crippen LogP contribution in [0.15, 0.2) is 24.3 Å². The van der Waals surface area contributed by atoms with E-state index >= 15 is 0 Å². The summed E-state index contributed by atoms with van der Waals surface area (Å²) in [6.07, 6.45) is 1.38. The Kier molecular flexibility index (Phi) is 4.43. The summed E-state index contributed by atoms with van der Waals surface area (Å²) in [6, 6.07) is 7.18. The van der Waals surface area contributed by atoms with Gasteiger partial charge in [0.1, 0.15) is 5.75 Å². The van der Waals surface area contributed by atoms with Gasteiger partial charge in [-0.2, -0.15) is 0 Å².